The van der Waals surface area contributed by atoms with Crippen LogP contribution in [0.25, 0.3) is 0 Å². The molecule has 5 heteroatoms. The van der Waals surface area contributed by atoms with Gasteiger partial charge >= 0.3 is 6.18 Å². The smallest absolute Gasteiger partial charge is 0.200 e. The molecule has 0 heterocycles. The van der Waals surface area contributed by atoms with Gasteiger partial charge in [-0.1, -0.05) is 0 Å². The van der Waals surface area contributed by atoms with E-state index in [0.717, 1.165) is 22.6 Å². The van der Waals surface area contributed by atoms with Crippen LogP contribution in [0.15, 0.2) is 9.91 Å². The van der Waals surface area contributed by atoms with Gasteiger partial charge < -0.3 is 0 Å². The molecule has 0 nitrogen and oxygen atoms in total. The average molecular weight is 240 g/mol. The van der Waals surface area contributed by atoms with Gasteiger partial charge in [0.1, 0.15) is 0 Å². The first-order valence-electron chi connectivity index (χ1n) is 1.52. The second-order valence-corrected chi connectivity index (χ2v) is 2.01. The van der Waals surface area contributed by atoms with Crippen molar-refractivity contribution in [3.63, 3.8) is 0 Å². The van der Waals surface area contributed by atoms with Crippen LogP contribution in [0, 0.1) is 0 Å². The minimum Gasteiger partial charge on any atom is -0.200 e. The number of rotatable bonds is 0. The number of halogens is 5. The van der Waals surface area contributed by atoms with E-state index in [4.69, 9.17) is 0 Å². The van der Waals surface area contributed by atoms with Crippen molar-refractivity contribution in [1.29, 1.82) is 0 Å². The molecular weight excluding hydrogens is 239 g/mol. The number of alkyl halides is 3. The van der Waals surface area contributed by atoms with Gasteiger partial charge in [-0.05, 0) is 22.6 Å². The molecule has 0 bridgehead atoms. The molecule has 0 amide bonds. The Kier molecular flexibility index (Phi) is 2.72. The summed E-state index contributed by atoms with van der Waals surface area (Å²) in [5.41, 5.74) is 0. The van der Waals surface area contributed by atoms with Crippen molar-refractivity contribution in [3.8, 4) is 0 Å². The summed E-state index contributed by atoms with van der Waals surface area (Å²) in [5.74, 6) is 0. The summed E-state index contributed by atoms with van der Waals surface area (Å²) in [6.07, 6.45) is -4.93. The maximum absolute atomic E-state index is 11.3. The Hall–Kier alpha value is 0.190. The lowest BCUT2D eigenvalue weighted by atomic mass is 10.6. The zero-order valence-corrected chi connectivity index (χ0v) is 5.62. The Morgan fingerprint density at radius 1 is 1.38 bits per heavy atom. The van der Waals surface area contributed by atoms with Crippen molar-refractivity contribution < 1.29 is 17.6 Å². The molecule has 0 radical (unpaired) electrons. The van der Waals surface area contributed by atoms with Crippen LogP contribution >= 0.6 is 22.6 Å². The SMILES string of the molecule is FC(I)=CC(F)(F)F. The largest absolute Gasteiger partial charge is 0.412 e. The van der Waals surface area contributed by atoms with E-state index in [0.29, 0.717) is 0 Å². The third-order valence-electron chi connectivity index (χ3n) is 0.273. The van der Waals surface area contributed by atoms with Gasteiger partial charge in [-0.25, -0.2) is 0 Å². The molecule has 48 valence electrons. The van der Waals surface area contributed by atoms with Gasteiger partial charge in [-0.15, -0.1) is 0 Å². The highest BCUT2D eigenvalue weighted by atomic mass is 127. The standard InChI is InChI=1S/C3HF4I/c4-2(8)1-3(5,6)7/h1H. The molecule has 8 heavy (non-hydrogen) atoms. The molecule has 0 aliphatic heterocycles. The third kappa shape index (κ3) is 6.19. The van der Waals surface area contributed by atoms with Gasteiger partial charge in [0.25, 0.3) is 0 Å². The maximum atomic E-state index is 11.3. The lowest BCUT2D eigenvalue weighted by Gasteiger charge is -1.94. The van der Waals surface area contributed by atoms with Crippen molar-refractivity contribution in [3.05, 3.63) is 9.91 Å². The normalized spacial score (nSPS) is 14.4. The van der Waals surface area contributed by atoms with E-state index in [2.05, 4.69) is 0 Å². The molecule has 0 spiro atoms. The molecule has 0 saturated heterocycles. The number of allylic oxidation sites excluding steroid dienone is 1. The van der Waals surface area contributed by atoms with Gasteiger partial charge in [0.05, 0.1) is 6.08 Å². The Morgan fingerprint density at radius 3 is 1.75 bits per heavy atom. The quantitative estimate of drug-likeness (QED) is 0.451. The van der Waals surface area contributed by atoms with Crippen molar-refractivity contribution in [2.45, 2.75) is 6.18 Å². The highest BCUT2D eigenvalue weighted by molar-refractivity contribution is 14.1. The molecule has 0 rings (SSSR count). The summed E-state index contributed by atoms with van der Waals surface area (Å²) in [4.78, 5) is 0. The van der Waals surface area contributed by atoms with Crippen LogP contribution in [-0.2, 0) is 0 Å². The van der Waals surface area contributed by atoms with E-state index in [1.54, 1.807) is 0 Å². The van der Waals surface area contributed by atoms with Crippen molar-refractivity contribution in [2.24, 2.45) is 0 Å². The van der Waals surface area contributed by atoms with Crippen LogP contribution in [0.2, 0.25) is 0 Å². The fraction of sp³-hybridized carbons (Fsp3) is 0.333. The zero-order valence-electron chi connectivity index (χ0n) is 3.47. The van der Waals surface area contributed by atoms with E-state index in [-0.39, 0.29) is 0 Å². The first kappa shape index (κ1) is 8.19. The Morgan fingerprint density at radius 2 is 1.75 bits per heavy atom. The molecule has 0 aromatic heterocycles. The fourth-order valence-corrected chi connectivity index (χ4v) is 0.477. The van der Waals surface area contributed by atoms with Crippen molar-refractivity contribution >= 4 is 22.6 Å². The number of hydrogen-bond acceptors (Lipinski definition) is 0. The van der Waals surface area contributed by atoms with Crippen LogP contribution < -0.4 is 0 Å². The van der Waals surface area contributed by atoms with Gasteiger partial charge in [-0.3, -0.25) is 0 Å². The predicted octanol–water partition coefficient (Wildman–Crippen LogP) is 2.79. The van der Waals surface area contributed by atoms with Crippen LogP contribution in [0.5, 0.6) is 0 Å². The highest BCUT2D eigenvalue weighted by Gasteiger charge is 2.23. The summed E-state index contributed by atoms with van der Waals surface area (Å²) in [6, 6.07) is 0. The first-order chi connectivity index (χ1) is 3.42. The van der Waals surface area contributed by atoms with Crippen LogP contribution in [0.1, 0.15) is 0 Å². The molecule has 0 aromatic carbocycles. The lowest BCUT2D eigenvalue weighted by Crippen LogP contribution is -2.00. The molecule has 0 atom stereocenters. The molecular formula is C3HF4I. The summed E-state index contributed by atoms with van der Waals surface area (Å²) in [5, 5.41) is 0. The summed E-state index contributed by atoms with van der Waals surface area (Å²) < 4.78 is 43.0. The molecule has 0 aromatic rings. The maximum Gasteiger partial charge on any atom is 0.412 e. The minimum absolute atomic E-state index is 0.409. The highest BCUT2D eigenvalue weighted by Crippen LogP contribution is 2.21. The fourth-order valence-electron chi connectivity index (χ4n) is 0.124. The van der Waals surface area contributed by atoms with Crippen molar-refractivity contribution in [2.75, 3.05) is 0 Å². The second kappa shape index (κ2) is 2.65. The third-order valence-corrected chi connectivity index (χ3v) is 0.584. The van der Waals surface area contributed by atoms with E-state index >= 15 is 0 Å². The second-order valence-electron chi connectivity index (χ2n) is 0.976. The molecule has 0 unspecified atom stereocenters. The van der Waals surface area contributed by atoms with E-state index < -0.39 is 16.1 Å². The monoisotopic (exact) mass is 240 g/mol. The molecule has 0 fully saturated rings. The lowest BCUT2D eigenvalue weighted by molar-refractivity contribution is -0.0806. The topological polar surface area (TPSA) is 0 Å². The van der Waals surface area contributed by atoms with Gasteiger partial charge in [0.2, 0.25) is 0 Å². The first-order valence-corrected chi connectivity index (χ1v) is 2.60. The van der Waals surface area contributed by atoms with E-state index in [1.807, 2.05) is 0 Å². The zero-order chi connectivity index (χ0) is 6.78. The van der Waals surface area contributed by atoms with Crippen LogP contribution in [0.3, 0.4) is 0 Å². The van der Waals surface area contributed by atoms with E-state index in [1.165, 1.54) is 0 Å². The summed E-state index contributed by atoms with van der Waals surface area (Å²) >= 11 is 0.942. The van der Waals surface area contributed by atoms with Crippen molar-refractivity contribution in [1.82, 2.24) is 0 Å². The Labute approximate surface area is 56.7 Å². The van der Waals surface area contributed by atoms with Crippen LogP contribution in [-0.4, -0.2) is 6.18 Å². The van der Waals surface area contributed by atoms with Gasteiger partial charge in [-0.2, -0.15) is 17.6 Å². The molecule has 0 aliphatic rings. The number of hydrogen-bond donors (Lipinski definition) is 0. The summed E-state index contributed by atoms with van der Waals surface area (Å²) in [7, 11) is 0. The van der Waals surface area contributed by atoms with Gasteiger partial charge in [0.15, 0.2) is 3.83 Å². The molecule has 0 N–H and O–H groups in total. The molecule has 0 aliphatic carbocycles. The Bertz CT molecular complexity index is 98.3. The summed E-state index contributed by atoms with van der Waals surface area (Å²) in [6.45, 7) is 0. The Balaban J connectivity index is 3.89. The molecule has 0 saturated carbocycles. The van der Waals surface area contributed by atoms with Gasteiger partial charge in [0, 0.05) is 0 Å². The minimum atomic E-state index is -4.52. The average Bonchev–Trinajstić information content (AvgIpc) is 1.21. The predicted molar refractivity (Wildman–Crippen MR) is 29.3 cm³/mol. The van der Waals surface area contributed by atoms with Crippen LogP contribution in [0.4, 0.5) is 17.6 Å². The van der Waals surface area contributed by atoms with E-state index in [9.17, 15) is 17.6 Å².